The standard InChI is InChI=1S/C15H24N4/c1-12(2)9-18(10-13(3)4)11-19-15-8-6-5-7-14(15)16-17-19/h5-8,12-13H,9-11H2,1-4H3. The Bertz CT molecular complexity index is 506. The second-order valence-electron chi connectivity index (χ2n) is 6.04. The summed E-state index contributed by atoms with van der Waals surface area (Å²) in [6, 6.07) is 8.13. The van der Waals surface area contributed by atoms with Crippen LogP contribution in [-0.2, 0) is 6.67 Å². The van der Waals surface area contributed by atoms with Gasteiger partial charge in [-0.2, -0.15) is 0 Å². The summed E-state index contributed by atoms with van der Waals surface area (Å²) < 4.78 is 2.00. The van der Waals surface area contributed by atoms with Gasteiger partial charge in [-0.25, -0.2) is 4.68 Å². The molecule has 0 saturated carbocycles. The first-order valence-electron chi connectivity index (χ1n) is 7.07. The molecule has 0 aliphatic heterocycles. The quantitative estimate of drug-likeness (QED) is 0.800. The first-order valence-corrected chi connectivity index (χ1v) is 7.07. The average molecular weight is 260 g/mol. The summed E-state index contributed by atoms with van der Waals surface area (Å²) in [7, 11) is 0. The molecule has 0 atom stereocenters. The van der Waals surface area contributed by atoms with Crippen molar-refractivity contribution in [3.63, 3.8) is 0 Å². The third-order valence-corrected chi connectivity index (χ3v) is 3.00. The van der Waals surface area contributed by atoms with Crippen LogP contribution in [0.4, 0.5) is 0 Å². The lowest BCUT2D eigenvalue weighted by atomic mass is 10.1. The lowest BCUT2D eigenvalue weighted by Crippen LogP contribution is -2.33. The molecule has 1 aromatic heterocycles. The Hall–Kier alpha value is -1.42. The maximum absolute atomic E-state index is 4.27. The fourth-order valence-corrected chi connectivity index (χ4v) is 2.43. The molecule has 0 spiro atoms. The molecule has 0 unspecified atom stereocenters. The predicted molar refractivity (Wildman–Crippen MR) is 78.8 cm³/mol. The van der Waals surface area contributed by atoms with E-state index in [9.17, 15) is 0 Å². The average Bonchev–Trinajstić information content (AvgIpc) is 2.71. The van der Waals surface area contributed by atoms with Gasteiger partial charge in [-0.3, -0.25) is 4.90 Å². The molecule has 0 radical (unpaired) electrons. The fourth-order valence-electron chi connectivity index (χ4n) is 2.43. The van der Waals surface area contributed by atoms with Crippen LogP contribution >= 0.6 is 0 Å². The van der Waals surface area contributed by atoms with E-state index in [1.54, 1.807) is 0 Å². The Morgan fingerprint density at radius 2 is 1.68 bits per heavy atom. The Kier molecular flexibility index (Phi) is 4.53. The second kappa shape index (κ2) is 6.15. The lowest BCUT2D eigenvalue weighted by molar-refractivity contribution is 0.167. The largest absolute Gasteiger partial charge is 0.284 e. The van der Waals surface area contributed by atoms with Gasteiger partial charge in [0, 0.05) is 13.1 Å². The number of para-hydroxylation sites is 1. The summed E-state index contributed by atoms with van der Waals surface area (Å²) in [6.07, 6.45) is 0. The van der Waals surface area contributed by atoms with Crippen molar-refractivity contribution >= 4 is 11.0 Å². The van der Waals surface area contributed by atoms with Crippen LogP contribution in [0, 0.1) is 11.8 Å². The number of rotatable bonds is 6. The summed E-state index contributed by atoms with van der Waals surface area (Å²) in [6.45, 7) is 12.0. The molecule has 0 aliphatic carbocycles. The highest BCUT2D eigenvalue weighted by Crippen LogP contribution is 2.12. The molecule has 0 aliphatic rings. The Morgan fingerprint density at radius 1 is 1.05 bits per heavy atom. The van der Waals surface area contributed by atoms with Crippen LogP contribution in [0.2, 0.25) is 0 Å². The Morgan fingerprint density at radius 3 is 2.32 bits per heavy atom. The SMILES string of the molecule is CC(C)CN(CC(C)C)Cn1nnc2ccccc21. The zero-order valence-electron chi connectivity index (χ0n) is 12.4. The molecule has 4 heteroatoms. The maximum atomic E-state index is 4.27. The Labute approximate surface area is 115 Å². The van der Waals surface area contributed by atoms with Gasteiger partial charge in [0.2, 0.25) is 0 Å². The number of fused-ring (bicyclic) bond motifs is 1. The van der Waals surface area contributed by atoms with Gasteiger partial charge in [0.15, 0.2) is 0 Å². The van der Waals surface area contributed by atoms with Crippen LogP contribution in [0.15, 0.2) is 24.3 Å². The highest BCUT2D eigenvalue weighted by molar-refractivity contribution is 5.73. The molecule has 104 valence electrons. The van der Waals surface area contributed by atoms with E-state index in [4.69, 9.17) is 0 Å². The van der Waals surface area contributed by atoms with Gasteiger partial charge in [0.1, 0.15) is 5.52 Å². The smallest absolute Gasteiger partial charge is 0.113 e. The molecule has 2 aromatic rings. The van der Waals surface area contributed by atoms with Gasteiger partial charge in [-0.15, -0.1) is 5.10 Å². The van der Waals surface area contributed by atoms with Gasteiger partial charge in [-0.05, 0) is 24.0 Å². The normalized spacial score (nSPS) is 12.2. The number of hydrogen-bond acceptors (Lipinski definition) is 3. The van der Waals surface area contributed by atoms with Crippen molar-refractivity contribution in [2.75, 3.05) is 13.1 Å². The monoisotopic (exact) mass is 260 g/mol. The van der Waals surface area contributed by atoms with Gasteiger partial charge >= 0.3 is 0 Å². The van der Waals surface area contributed by atoms with Gasteiger partial charge < -0.3 is 0 Å². The van der Waals surface area contributed by atoms with E-state index < -0.39 is 0 Å². The molecular formula is C15H24N4. The third kappa shape index (κ3) is 3.77. The molecule has 0 saturated heterocycles. The number of nitrogens with zero attached hydrogens (tertiary/aromatic N) is 4. The van der Waals surface area contributed by atoms with Gasteiger partial charge in [0.25, 0.3) is 0 Å². The van der Waals surface area contributed by atoms with Crippen LogP contribution in [0.5, 0.6) is 0 Å². The lowest BCUT2D eigenvalue weighted by Gasteiger charge is -2.25. The van der Waals surface area contributed by atoms with Crippen LogP contribution < -0.4 is 0 Å². The third-order valence-electron chi connectivity index (χ3n) is 3.00. The van der Waals surface area contributed by atoms with Crippen LogP contribution in [0.1, 0.15) is 27.7 Å². The summed E-state index contributed by atoms with van der Waals surface area (Å²) in [5.74, 6) is 1.32. The fraction of sp³-hybridized carbons (Fsp3) is 0.600. The van der Waals surface area contributed by atoms with E-state index in [-0.39, 0.29) is 0 Å². The number of hydrogen-bond donors (Lipinski definition) is 0. The molecule has 19 heavy (non-hydrogen) atoms. The minimum atomic E-state index is 0.661. The van der Waals surface area contributed by atoms with E-state index in [1.807, 2.05) is 22.9 Å². The first-order chi connectivity index (χ1) is 9.06. The minimum absolute atomic E-state index is 0.661. The van der Waals surface area contributed by atoms with Crippen molar-refractivity contribution in [2.24, 2.45) is 11.8 Å². The van der Waals surface area contributed by atoms with Crippen molar-refractivity contribution in [2.45, 2.75) is 34.4 Å². The first kappa shape index (κ1) is 14.0. The second-order valence-corrected chi connectivity index (χ2v) is 6.04. The van der Waals surface area contributed by atoms with E-state index in [0.29, 0.717) is 11.8 Å². The van der Waals surface area contributed by atoms with Gasteiger partial charge in [0.05, 0.1) is 12.2 Å². The highest BCUT2D eigenvalue weighted by Gasteiger charge is 2.12. The van der Waals surface area contributed by atoms with Gasteiger partial charge in [-0.1, -0.05) is 45.0 Å². The highest BCUT2D eigenvalue weighted by atomic mass is 15.5. The van der Waals surface area contributed by atoms with Crippen LogP contribution in [-0.4, -0.2) is 33.0 Å². The molecule has 0 fully saturated rings. The number of aromatic nitrogens is 3. The molecule has 2 rings (SSSR count). The molecule has 0 amide bonds. The van der Waals surface area contributed by atoms with Crippen molar-refractivity contribution in [3.05, 3.63) is 24.3 Å². The zero-order chi connectivity index (χ0) is 13.8. The van der Waals surface area contributed by atoms with Crippen molar-refractivity contribution in [1.29, 1.82) is 0 Å². The predicted octanol–water partition coefficient (Wildman–Crippen LogP) is 3.00. The van der Waals surface area contributed by atoms with Crippen LogP contribution in [0.25, 0.3) is 11.0 Å². The van der Waals surface area contributed by atoms with Crippen molar-refractivity contribution < 1.29 is 0 Å². The summed E-state index contributed by atoms with van der Waals surface area (Å²) in [5, 5.41) is 8.49. The molecular weight excluding hydrogens is 236 g/mol. The molecule has 1 aromatic carbocycles. The molecule has 0 N–H and O–H groups in total. The van der Waals surface area contributed by atoms with Crippen molar-refractivity contribution in [3.8, 4) is 0 Å². The summed E-state index contributed by atoms with van der Waals surface area (Å²) >= 11 is 0. The minimum Gasteiger partial charge on any atom is -0.284 e. The van der Waals surface area contributed by atoms with Crippen molar-refractivity contribution in [1.82, 2.24) is 19.9 Å². The van der Waals surface area contributed by atoms with E-state index in [1.165, 1.54) is 0 Å². The van der Waals surface area contributed by atoms with Crippen LogP contribution in [0.3, 0.4) is 0 Å². The molecule has 4 nitrogen and oxygen atoms in total. The zero-order valence-corrected chi connectivity index (χ0v) is 12.4. The van der Waals surface area contributed by atoms with E-state index in [2.05, 4.69) is 49.0 Å². The molecule has 0 bridgehead atoms. The number of benzene rings is 1. The molecule has 1 heterocycles. The Balaban J connectivity index is 2.15. The van der Waals surface area contributed by atoms with E-state index >= 15 is 0 Å². The maximum Gasteiger partial charge on any atom is 0.113 e. The van der Waals surface area contributed by atoms with E-state index in [0.717, 1.165) is 30.8 Å². The summed E-state index contributed by atoms with van der Waals surface area (Å²) in [4.78, 5) is 2.45. The summed E-state index contributed by atoms with van der Waals surface area (Å²) in [5.41, 5.74) is 2.08. The topological polar surface area (TPSA) is 34.0 Å².